The number of pyridine rings is 1. The van der Waals surface area contributed by atoms with Crippen molar-refractivity contribution >= 4 is 5.57 Å². The number of nitrogens with zero attached hydrogens (tertiary/aromatic N) is 1. The quantitative estimate of drug-likeness (QED) is 0.559. The number of aromatic nitrogens is 1. The minimum atomic E-state index is 0.306. The van der Waals surface area contributed by atoms with Crippen LogP contribution in [0, 0.1) is 28.1 Å². The van der Waals surface area contributed by atoms with Gasteiger partial charge in [-0.05, 0) is 89.4 Å². The molecule has 4 aliphatic carbocycles. The fourth-order valence-corrected chi connectivity index (χ4v) is 7.47. The molecule has 1 fully saturated rings. The molecule has 1 heterocycles. The Morgan fingerprint density at radius 1 is 1.04 bits per heavy atom. The zero-order valence-corrected chi connectivity index (χ0v) is 16.5. The molecule has 4 aliphatic rings. The summed E-state index contributed by atoms with van der Waals surface area (Å²) in [6.45, 7) is 7.74. The largest absolute Gasteiger partial charge is 0.264 e. The van der Waals surface area contributed by atoms with Gasteiger partial charge in [-0.15, -0.1) is 0 Å². The first-order valence-electron chi connectivity index (χ1n) is 10.5. The lowest BCUT2D eigenvalue weighted by Gasteiger charge is -2.62. The zero-order valence-electron chi connectivity index (χ0n) is 16.5. The van der Waals surface area contributed by atoms with Gasteiger partial charge in [-0.25, -0.2) is 0 Å². The van der Waals surface area contributed by atoms with Gasteiger partial charge < -0.3 is 0 Å². The molecule has 0 N–H and O–H groups in total. The van der Waals surface area contributed by atoms with Crippen LogP contribution in [0.1, 0.15) is 64.9 Å². The summed E-state index contributed by atoms with van der Waals surface area (Å²) in [4.78, 5) is 4.40. The highest BCUT2D eigenvalue weighted by atomic mass is 14.7. The Balaban J connectivity index is 1.56. The molecule has 1 saturated carbocycles. The average Bonchev–Trinajstić information content (AvgIpc) is 3.00. The van der Waals surface area contributed by atoms with E-state index in [-0.39, 0.29) is 0 Å². The van der Waals surface area contributed by atoms with Crippen LogP contribution in [0.25, 0.3) is 5.57 Å². The summed E-state index contributed by atoms with van der Waals surface area (Å²) < 4.78 is 0. The van der Waals surface area contributed by atoms with E-state index in [2.05, 4.69) is 68.4 Å². The van der Waals surface area contributed by atoms with E-state index in [0.717, 1.165) is 11.8 Å². The third-order valence-corrected chi connectivity index (χ3v) is 8.78. The number of allylic oxidation sites excluding steroid dienone is 6. The molecular weight excluding hydrogens is 314 g/mol. The molecule has 5 unspecified atom stereocenters. The van der Waals surface area contributed by atoms with Crippen molar-refractivity contribution in [3.8, 4) is 0 Å². The summed E-state index contributed by atoms with van der Waals surface area (Å²) in [7, 11) is 0. The van der Waals surface area contributed by atoms with Crippen molar-refractivity contribution in [2.75, 3.05) is 0 Å². The molecule has 0 bridgehead atoms. The Hall–Kier alpha value is -1.63. The number of fused-ring (bicyclic) bond motifs is 5. The molecule has 5 atom stereocenters. The van der Waals surface area contributed by atoms with Crippen molar-refractivity contribution in [1.29, 1.82) is 0 Å². The van der Waals surface area contributed by atoms with Gasteiger partial charge in [0.1, 0.15) is 0 Å². The highest BCUT2D eigenvalue weighted by molar-refractivity contribution is 5.72. The van der Waals surface area contributed by atoms with E-state index in [0.29, 0.717) is 16.2 Å². The van der Waals surface area contributed by atoms with Crippen LogP contribution in [-0.2, 0) is 0 Å². The van der Waals surface area contributed by atoms with Crippen LogP contribution in [-0.4, -0.2) is 4.98 Å². The molecule has 136 valence electrons. The topological polar surface area (TPSA) is 12.9 Å². The Morgan fingerprint density at radius 3 is 2.73 bits per heavy atom. The fourth-order valence-electron chi connectivity index (χ4n) is 7.47. The van der Waals surface area contributed by atoms with Crippen LogP contribution in [0.3, 0.4) is 0 Å². The molecule has 1 heteroatoms. The maximum atomic E-state index is 4.40. The van der Waals surface area contributed by atoms with Crippen molar-refractivity contribution in [3.63, 3.8) is 0 Å². The molecule has 1 aromatic heterocycles. The first-order chi connectivity index (χ1) is 12.5. The van der Waals surface area contributed by atoms with E-state index in [1.54, 1.807) is 11.1 Å². The summed E-state index contributed by atoms with van der Waals surface area (Å²) in [5, 5.41) is 0. The molecular formula is C25H31N. The Kier molecular flexibility index (Phi) is 3.46. The highest BCUT2D eigenvalue weighted by Gasteiger charge is 2.61. The van der Waals surface area contributed by atoms with Crippen molar-refractivity contribution in [1.82, 2.24) is 4.98 Å². The maximum Gasteiger partial charge on any atom is 0.0343 e. The van der Waals surface area contributed by atoms with Crippen LogP contribution in [0.2, 0.25) is 0 Å². The van der Waals surface area contributed by atoms with Gasteiger partial charge in [-0.3, -0.25) is 4.98 Å². The third-order valence-electron chi connectivity index (χ3n) is 8.78. The van der Waals surface area contributed by atoms with Crippen LogP contribution in [0.4, 0.5) is 0 Å². The molecule has 0 radical (unpaired) electrons. The highest BCUT2D eigenvalue weighted by Crippen LogP contribution is 2.70. The van der Waals surface area contributed by atoms with E-state index in [4.69, 9.17) is 0 Å². The summed E-state index contributed by atoms with van der Waals surface area (Å²) >= 11 is 0. The molecule has 0 aliphatic heterocycles. The van der Waals surface area contributed by atoms with Crippen LogP contribution < -0.4 is 0 Å². The van der Waals surface area contributed by atoms with Crippen LogP contribution in [0.15, 0.2) is 54.4 Å². The molecule has 0 amide bonds. The van der Waals surface area contributed by atoms with E-state index in [9.17, 15) is 0 Å². The van der Waals surface area contributed by atoms with E-state index in [1.807, 2.05) is 6.20 Å². The lowest BCUT2D eigenvalue weighted by Crippen LogP contribution is -2.54. The van der Waals surface area contributed by atoms with Crippen molar-refractivity contribution in [2.45, 2.75) is 59.3 Å². The monoisotopic (exact) mass is 345 g/mol. The van der Waals surface area contributed by atoms with Crippen molar-refractivity contribution in [2.24, 2.45) is 28.1 Å². The van der Waals surface area contributed by atoms with Gasteiger partial charge in [-0.2, -0.15) is 0 Å². The third kappa shape index (κ3) is 2.01. The van der Waals surface area contributed by atoms with E-state index in [1.165, 1.54) is 44.1 Å². The predicted octanol–water partition coefficient (Wildman–Crippen LogP) is 6.59. The first kappa shape index (κ1) is 16.5. The van der Waals surface area contributed by atoms with E-state index < -0.39 is 0 Å². The average molecular weight is 346 g/mol. The SMILES string of the molecule is CC12CCC=CC1=CCC1(C)C2CCC2(C)C(c3cccnc3)=CCC21. The number of hydrogen-bond acceptors (Lipinski definition) is 1. The number of hydrogen-bond donors (Lipinski definition) is 0. The normalized spacial score (nSPS) is 43.8. The smallest absolute Gasteiger partial charge is 0.0343 e. The molecule has 5 rings (SSSR count). The minimum absolute atomic E-state index is 0.306. The fraction of sp³-hybridized carbons (Fsp3) is 0.560. The molecule has 26 heavy (non-hydrogen) atoms. The summed E-state index contributed by atoms with van der Waals surface area (Å²) in [5.74, 6) is 1.57. The molecule has 1 aromatic rings. The summed E-state index contributed by atoms with van der Waals surface area (Å²) in [6.07, 6.45) is 21.7. The second kappa shape index (κ2) is 5.44. The Bertz CT molecular complexity index is 816. The Labute approximate surface area is 158 Å². The van der Waals surface area contributed by atoms with Crippen LogP contribution in [0.5, 0.6) is 0 Å². The number of rotatable bonds is 1. The van der Waals surface area contributed by atoms with Gasteiger partial charge in [0.05, 0.1) is 0 Å². The lowest BCUT2D eigenvalue weighted by molar-refractivity contribution is -0.0753. The van der Waals surface area contributed by atoms with Crippen molar-refractivity contribution < 1.29 is 0 Å². The standard InChI is InChI=1S/C25H31N/c1-23-13-5-4-8-19(23)11-14-25(3)21-10-9-20(18-7-6-16-26-17-18)24(21,2)15-12-22(23)25/h4,6-9,11,16-17,21-22H,5,10,12-15H2,1-3H3. The lowest BCUT2D eigenvalue weighted by atomic mass is 9.42. The predicted molar refractivity (Wildman–Crippen MR) is 108 cm³/mol. The van der Waals surface area contributed by atoms with Gasteiger partial charge in [0.25, 0.3) is 0 Å². The van der Waals surface area contributed by atoms with Gasteiger partial charge in [-0.1, -0.05) is 51.1 Å². The Morgan fingerprint density at radius 2 is 1.92 bits per heavy atom. The second-order valence-corrected chi connectivity index (χ2v) is 9.88. The van der Waals surface area contributed by atoms with E-state index >= 15 is 0 Å². The van der Waals surface area contributed by atoms with Gasteiger partial charge in [0.2, 0.25) is 0 Å². The zero-order chi connectivity index (χ0) is 18.0. The molecule has 0 spiro atoms. The van der Waals surface area contributed by atoms with Crippen molar-refractivity contribution in [3.05, 3.63) is 60.0 Å². The minimum Gasteiger partial charge on any atom is -0.264 e. The second-order valence-electron chi connectivity index (χ2n) is 9.88. The van der Waals surface area contributed by atoms with Crippen LogP contribution >= 0.6 is 0 Å². The summed E-state index contributed by atoms with van der Waals surface area (Å²) in [6, 6.07) is 4.35. The van der Waals surface area contributed by atoms with Gasteiger partial charge in [0, 0.05) is 12.4 Å². The van der Waals surface area contributed by atoms with Gasteiger partial charge >= 0.3 is 0 Å². The van der Waals surface area contributed by atoms with Gasteiger partial charge in [0.15, 0.2) is 0 Å². The first-order valence-corrected chi connectivity index (χ1v) is 10.5. The maximum absolute atomic E-state index is 4.40. The summed E-state index contributed by atoms with van der Waals surface area (Å²) in [5.41, 5.74) is 5.66. The molecule has 1 nitrogen and oxygen atoms in total. The molecule has 0 saturated heterocycles. The molecule has 0 aromatic carbocycles.